The lowest BCUT2D eigenvalue weighted by Crippen LogP contribution is -2.07. The van der Waals surface area contributed by atoms with E-state index >= 15 is 0 Å². The number of nitrogens with zero attached hydrogens (tertiary/aromatic N) is 1. The Kier molecular flexibility index (Phi) is 5.48. The Morgan fingerprint density at radius 1 is 0.739 bits per heavy atom. The van der Waals surface area contributed by atoms with Crippen LogP contribution < -0.4 is 5.32 Å². The molecule has 23 heavy (non-hydrogen) atoms. The first-order valence-electron chi connectivity index (χ1n) is 7.53. The van der Waals surface area contributed by atoms with Gasteiger partial charge in [0, 0.05) is 11.4 Å². The third-order valence-corrected chi connectivity index (χ3v) is 4.17. The number of nitrogens with one attached hydrogen (secondary N) is 1. The second kappa shape index (κ2) is 8.20. The largest absolute Gasteiger partial charge is 0.335 e. The minimum atomic E-state index is 0.881. The van der Waals surface area contributed by atoms with Gasteiger partial charge in [-0.15, -0.1) is 0 Å². The van der Waals surface area contributed by atoms with Crippen LogP contribution in [0.15, 0.2) is 96.0 Å². The van der Waals surface area contributed by atoms with Gasteiger partial charge in [-0.1, -0.05) is 78.5 Å². The molecule has 0 spiro atoms. The number of anilines is 1. The highest BCUT2D eigenvalue weighted by atomic mass is 32.2. The first-order chi connectivity index (χ1) is 11.4. The summed E-state index contributed by atoms with van der Waals surface area (Å²) in [6.07, 6.45) is 0. The lowest BCUT2D eigenvalue weighted by molar-refractivity contribution is 1.42. The van der Waals surface area contributed by atoms with E-state index in [2.05, 4.69) is 29.6 Å². The molecular weight excluding hydrogens is 300 g/mol. The fourth-order valence-electron chi connectivity index (χ4n) is 2.09. The summed E-state index contributed by atoms with van der Waals surface area (Å²) in [6.45, 7) is 0. The minimum Gasteiger partial charge on any atom is -0.335 e. The molecule has 3 aromatic rings. The molecule has 0 heterocycles. The van der Waals surface area contributed by atoms with Crippen LogP contribution in [-0.2, 0) is 5.75 Å². The van der Waals surface area contributed by atoms with Gasteiger partial charge in [0.2, 0.25) is 0 Å². The van der Waals surface area contributed by atoms with Crippen LogP contribution in [0.2, 0.25) is 0 Å². The average molecular weight is 318 g/mol. The molecule has 0 bridgehead atoms. The van der Waals surface area contributed by atoms with E-state index in [-0.39, 0.29) is 0 Å². The van der Waals surface area contributed by atoms with Crippen LogP contribution in [0.25, 0.3) is 0 Å². The molecule has 0 unspecified atom stereocenters. The summed E-state index contributed by atoms with van der Waals surface area (Å²) in [7, 11) is 0. The van der Waals surface area contributed by atoms with Crippen LogP contribution in [-0.4, -0.2) is 5.17 Å². The van der Waals surface area contributed by atoms with Gasteiger partial charge in [-0.25, -0.2) is 4.99 Å². The highest BCUT2D eigenvalue weighted by Gasteiger charge is 2.03. The summed E-state index contributed by atoms with van der Waals surface area (Å²) in [4.78, 5) is 4.74. The lowest BCUT2D eigenvalue weighted by atomic mass is 10.2. The number of thioether (sulfide) groups is 1. The van der Waals surface area contributed by atoms with E-state index in [0.29, 0.717) is 0 Å². The molecule has 0 radical (unpaired) electrons. The molecule has 0 fully saturated rings. The Hall–Kier alpha value is -2.52. The lowest BCUT2D eigenvalue weighted by Gasteiger charge is -2.10. The van der Waals surface area contributed by atoms with Crippen molar-refractivity contribution >= 4 is 28.3 Å². The number of benzene rings is 3. The van der Waals surface area contributed by atoms with Crippen molar-refractivity contribution in [2.45, 2.75) is 5.75 Å². The fraction of sp³-hybridized carbons (Fsp3) is 0.0500. The predicted octanol–water partition coefficient (Wildman–Crippen LogP) is 5.72. The van der Waals surface area contributed by atoms with E-state index in [1.807, 2.05) is 66.7 Å². The topological polar surface area (TPSA) is 24.4 Å². The van der Waals surface area contributed by atoms with Crippen LogP contribution >= 0.6 is 11.8 Å². The average Bonchev–Trinajstić information content (AvgIpc) is 2.62. The van der Waals surface area contributed by atoms with E-state index in [0.717, 1.165) is 22.3 Å². The standard InChI is InChI=1S/C20H18N2S/c1-4-10-17(11-5-1)16-23-20(21-18-12-6-2-7-13-18)22-19-14-8-3-9-15-19/h1-15H,16H2,(H,21,22). The SMILES string of the molecule is c1ccc(CSC(=Nc2ccccc2)Nc2ccccc2)cc1. The van der Waals surface area contributed by atoms with Crippen LogP contribution in [0.1, 0.15) is 5.56 Å². The summed E-state index contributed by atoms with van der Waals surface area (Å²) < 4.78 is 0. The molecule has 0 saturated heterocycles. The van der Waals surface area contributed by atoms with Crippen molar-refractivity contribution in [2.75, 3.05) is 5.32 Å². The van der Waals surface area contributed by atoms with Crippen LogP contribution in [0, 0.1) is 0 Å². The van der Waals surface area contributed by atoms with Gasteiger partial charge in [-0.3, -0.25) is 0 Å². The molecule has 3 aromatic carbocycles. The Morgan fingerprint density at radius 2 is 1.30 bits per heavy atom. The maximum Gasteiger partial charge on any atom is 0.166 e. The van der Waals surface area contributed by atoms with Gasteiger partial charge in [0.1, 0.15) is 0 Å². The Morgan fingerprint density at radius 3 is 1.96 bits per heavy atom. The Labute approximate surface area is 141 Å². The molecule has 114 valence electrons. The van der Waals surface area contributed by atoms with Crippen molar-refractivity contribution in [3.8, 4) is 0 Å². The van der Waals surface area contributed by atoms with Gasteiger partial charge >= 0.3 is 0 Å². The van der Waals surface area contributed by atoms with Crippen molar-refractivity contribution in [1.29, 1.82) is 0 Å². The summed E-state index contributed by atoms with van der Waals surface area (Å²) in [5.41, 5.74) is 3.28. The normalized spacial score (nSPS) is 11.2. The fourth-order valence-corrected chi connectivity index (χ4v) is 2.94. The quantitative estimate of drug-likeness (QED) is 0.491. The Balaban J connectivity index is 1.77. The van der Waals surface area contributed by atoms with Crippen molar-refractivity contribution in [3.05, 3.63) is 96.6 Å². The number of rotatable bonds is 4. The van der Waals surface area contributed by atoms with E-state index in [1.54, 1.807) is 11.8 Å². The first-order valence-corrected chi connectivity index (χ1v) is 8.51. The van der Waals surface area contributed by atoms with Crippen molar-refractivity contribution in [2.24, 2.45) is 4.99 Å². The molecule has 2 nitrogen and oxygen atoms in total. The van der Waals surface area contributed by atoms with Gasteiger partial charge in [0.15, 0.2) is 5.17 Å². The monoisotopic (exact) mass is 318 g/mol. The van der Waals surface area contributed by atoms with E-state index in [4.69, 9.17) is 4.99 Å². The predicted molar refractivity (Wildman–Crippen MR) is 101 cm³/mol. The molecule has 0 aliphatic rings. The van der Waals surface area contributed by atoms with Gasteiger partial charge in [0.05, 0.1) is 5.69 Å². The molecule has 0 aromatic heterocycles. The van der Waals surface area contributed by atoms with Gasteiger partial charge < -0.3 is 5.32 Å². The molecule has 1 N–H and O–H groups in total. The maximum atomic E-state index is 4.74. The van der Waals surface area contributed by atoms with Crippen molar-refractivity contribution < 1.29 is 0 Å². The number of amidine groups is 1. The van der Waals surface area contributed by atoms with Gasteiger partial charge in [-0.2, -0.15) is 0 Å². The number of hydrogen-bond acceptors (Lipinski definition) is 2. The summed E-state index contributed by atoms with van der Waals surface area (Å²) in [6, 6.07) is 30.6. The minimum absolute atomic E-state index is 0.881. The third-order valence-electron chi connectivity index (χ3n) is 3.23. The highest BCUT2D eigenvalue weighted by Crippen LogP contribution is 2.20. The van der Waals surface area contributed by atoms with E-state index < -0.39 is 0 Å². The zero-order valence-corrected chi connectivity index (χ0v) is 13.5. The summed E-state index contributed by atoms with van der Waals surface area (Å²) in [5.74, 6) is 0.881. The Bertz CT molecular complexity index is 740. The first kappa shape index (κ1) is 15.4. The number of aliphatic imine (C=N–C) groups is 1. The second-order valence-electron chi connectivity index (χ2n) is 5.02. The third kappa shape index (κ3) is 5.01. The number of para-hydroxylation sites is 2. The molecule has 0 aliphatic heterocycles. The van der Waals surface area contributed by atoms with Gasteiger partial charge in [-0.05, 0) is 29.8 Å². The number of hydrogen-bond donors (Lipinski definition) is 1. The maximum absolute atomic E-state index is 4.74. The summed E-state index contributed by atoms with van der Waals surface area (Å²) >= 11 is 1.70. The smallest absolute Gasteiger partial charge is 0.166 e. The van der Waals surface area contributed by atoms with Crippen molar-refractivity contribution in [1.82, 2.24) is 0 Å². The van der Waals surface area contributed by atoms with Gasteiger partial charge in [0.25, 0.3) is 0 Å². The molecule has 0 atom stereocenters. The highest BCUT2D eigenvalue weighted by molar-refractivity contribution is 8.13. The zero-order chi connectivity index (χ0) is 15.7. The van der Waals surface area contributed by atoms with E-state index in [1.165, 1.54) is 5.56 Å². The van der Waals surface area contributed by atoms with Crippen LogP contribution in [0.3, 0.4) is 0 Å². The van der Waals surface area contributed by atoms with Crippen LogP contribution in [0.5, 0.6) is 0 Å². The zero-order valence-electron chi connectivity index (χ0n) is 12.7. The van der Waals surface area contributed by atoms with E-state index in [9.17, 15) is 0 Å². The molecule has 3 heteroatoms. The molecule has 0 aliphatic carbocycles. The molecule has 0 amide bonds. The van der Waals surface area contributed by atoms with Crippen molar-refractivity contribution in [3.63, 3.8) is 0 Å². The molecular formula is C20H18N2S. The summed E-state index contributed by atoms with van der Waals surface area (Å²) in [5, 5.41) is 4.31. The molecule has 0 saturated carbocycles. The van der Waals surface area contributed by atoms with Crippen LogP contribution in [0.4, 0.5) is 11.4 Å². The second-order valence-corrected chi connectivity index (χ2v) is 5.98. The molecule has 3 rings (SSSR count).